The second-order valence-electron chi connectivity index (χ2n) is 8.63. The molecule has 5 aromatic rings. The van der Waals surface area contributed by atoms with Crippen LogP contribution in [-0.4, -0.2) is 19.6 Å². The molecule has 0 atom stereocenters. The molecule has 0 aliphatic heterocycles. The first-order valence-corrected chi connectivity index (χ1v) is 13.6. The molecule has 0 fully saturated rings. The molecular formula is C27H20Br2Cl2N4O2. The van der Waals surface area contributed by atoms with Gasteiger partial charge in [-0.3, -0.25) is 19.8 Å². The highest BCUT2D eigenvalue weighted by Crippen LogP contribution is 2.37. The number of rotatable bonds is 5. The summed E-state index contributed by atoms with van der Waals surface area (Å²) in [4.78, 5) is 27.8. The smallest absolute Gasteiger partial charge is 0.275 e. The SMILES string of the molecule is Cc1[nH]n(-c2ccc(Br)cc2)c(=O)c1C(c1ccc(Cl)cc1Cl)c1c(C)[nH]n(-c2ccc(Br)cc2)c1=O. The van der Waals surface area contributed by atoms with Crippen LogP contribution in [0, 0.1) is 13.8 Å². The molecule has 37 heavy (non-hydrogen) atoms. The van der Waals surface area contributed by atoms with Crippen molar-refractivity contribution in [2.24, 2.45) is 0 Å². The van der Waals surface area contributed by atoms with Gasteiger partial charge in [-0.2, -0.15) is 0 Å². The number of halogens is 4. The zero-order valence-corrected chi connectivity index (χ0v) is 24.3. The molecule has 0 saturated heterocycles. The van der Waals surface area contributed by atoms with Crippen LogP contribution in [0.1, 0.15) is 34.0 Å². The first-order chi connectivity index (χ1) is 17.7. The predicted molar refractivity (Wildman–Crippen MR) is 155 cm³/mol. The molecule has 2 N–H and O–H groups in total. The van der Waals surface area contributed by atoms with Crippen LogP contribution in [0.25, 0.3) is 11.4 Å². The van der Waals surface area contributed by atoms with Crippen molar-refractivity contribution in [2.45, 2.75) is 19.8 Å². The monoisotopic (exact) mass is 660 g/mol. The zero-order chi connectivity index (χ0) is 26.4. The number of aromatic nitrogens is 4. The van der Waals surface area contributed by atoms with Crippen LogP contribution in [0.15, 0.2) is 85.3 Å². The van der Waals surface area contributed by atoms with Crippen LogP contribution in [0.4, 0.5) is 0 Å². The summed E-state index contributed by atoms with van der Waals surface area (Å²) in [6.45, 7) is 3.64. The van der Waals surface area contributed by atoms with Gasteiger partial charge in [0, 0.05) is 30.4 Å². The third-order valence-corrected chi connectivity index (χ3v) is 7.87. The summed E-state index contributed by atoms with van der Waals surface area (Å²) in [6.07, 6.45) is 0. The summed E-state index contributed by atoms with van der Waals surface area (Å²) in [5.74, 6) is -0.745. The van der Waals surface area contributed by atoms with Crippen molar-refractivity contribution in [3.8, 4) is 11.4 Å². The average Bonchev–Trinajstić information content (AvgIpc) is 3.32. The van der Waals surface area contributed by atoms with Crippen molar-refractivity contribution in [3.05, 3.63) is 135 Å². The van der Waals surface area contributed by atoms with Crippen LogP contribution in [-0.2, 0) is 0 Å². The third-order valence-electron chi connectivity index (χ3n) is 6.25. The van der Waals surface area contributed by atoms with E-state index < -0.39 is 5.92 Å². The lowest BCUT2D eigenvalue weighted by Gasteiger charge is -2.17. The molecule has 0 aliphatic carbocycles. The highest BCUT2D eigenvalue weighted by molar-refractivity contribution is 9.10. The van der Waals surface area contributed by atoms with Crippen LogP contribution in [0.5, 0.6) is 0 Å². The van der Waals surface area contributed by atoms with E-state index in [1.807, 2.05) is 62.4 Å². The van der Waals surface area contributed by atoms with E-state index in [1.54, 1.807) is 18.2 Å². The van der Waals surface area contributed by atoms with Gasteiger partial charge in [0.25, 0.3) is 11.1 Å². The molecule has 0 amide bonds. The van der Waals surface area contributed by atoms with Gasteiger partial charge in [-0.1, -0.05) is 61.1 Å². The van der Waals surface area contributed by atoms with Crippen LogP contribution >= 0.6 is 55.1 Å². The van der Waals surface area contributed by atoms with Gasteiger partial charge in [-0.25, -0.2) is 9.36 Å². The van der Waals surface area contributed by atoms with E-state index >= 15 is 0 Å². The normalized spacial score (nSPS) is 11.4. The van der Waals surface area contributed by atoms with E-state index in [1.165, 1.54) is 9.36 Å². The topological polar surface area (TPSA) is 75.6 Å². The van der Waals surface area contributed by atoms with Crippen LogP contribution < -0.4 is 11.1 Å². The Morgan fingerprint density at radius 1 is 0.703 bits per heavy atom. The van der Waals surface area contributed by atoms with Gasteiger partial charge in [0.2, 0.25) is 0 Å². The number of aryl methyl sites for hydroxylation is 2. The van der Waals surface area contributed by atoms with E-state index in [0.29, 0.717) is 49.5 Å². The number of nitrogens with one attached hydrogen (secondary N) is 2. The lowest BCUT2D eigenvalue weighted by molar-refractivity contribution is 0.830. The lowest BCUT2D eigenvalue weighted by atomic mass is 9.85. The molecule has 0 saturated carbocycles. The molecule has 2 aromatic heterocycles. The maximum absolute atomic E-state index is 13.9. The van der Waals surface area contributed by atoms with Gasteiger partial charge >= 0.3 is 0 Å². The van der Waals surface area contributed by atoms with Gasteiger partial charge in [-0.15, -0.1) is 0 Å². The number of H-pyrrole nitrogens is 2. The molecule has 0 unspecified atom stereocenters. The Kier molecular flexibility index (Phi) is 7.11. The Morgan fingerprint density at radius 3 is 1.54 bits per heavy atom. The Hall–Kier alpha value is -2.78. The van der Waals surface area contributed by atoms with Crippen molar-refractivity contribution < 1.29 is 0 Å². The summed E-state index contributed by atoms with van der Waals surface area (Å²) in [7, 11) is 0. The molecule has 188 valence electrons. The Labute approximate surface area is 239 Å². The maximum Gasteiger partial charge on any atom is 0.275 e. The number of aromatic amines is 2. The number of benzene rings is 3. The fourth-order valence-corrected chi connectivity index (χ4v) is 5.58. The van der Waals surface area contributed by atoms with Crippen molar-refractivity contribution in [2.75, 3.05) is 0 Å². The molecule has 10 heteroatoms. The summed E-state index contributed by atoms with van der Waals surface area (Å²) >= 11 is 19.7. The first-order valence-electron chi connectivity index (χ1n) is 11.3. The van der Waals surface area contributed by atoms with E-state index in [-0.39, 0.29) is 11.1 Å². The van der Waals surface area contributed by atoms with Crippen molar-refractivity contribution in [1.82, 2.24) is 19.6 Å². The minimum absolute atomic E-state index is 0.272. The van der Waals surface area contributed by atoms with Gasteiger partial charge in [0.15, 0.2) is 0 Å². The molecule has 0 spiro atoms. The first kappa shape index (κ1) is 25.9. The fraction of sp³-hybridized carbons (Fsp3) is 0.111. The van der Waals surface area contributed by atoms with Gasteiger partial charge in [0.05, 0.1) is 28.4 Å². The largest absolute Gasteiger partial charge is 0.295 e. The number of hydrogen-bond donors (Lipinski definition) is 2. The molecule has 6 nitrogen and oxygen atoms in total. The van der Waals surface area contributed by atoms with E-state index in [2.05, 4.69) is 42.1 Å². The maximum atomic E-state index is 13.9. The average molecular weight is 663 g/mol. The number of hydrogen-bond acceptors (Lipinski definition) is 2. The highest BCUT2D eigenvalue weighted by atomic mass is 79.9. The fourth-order valence-electron chi connectivity index (χ4n) is 4.53. The second-order valence-corrected chi connectivity index (χ2v) is 11.3. The minimum atomic E-state index is -0.745. The number of nitrogens with zero attached hydrogens (tertiary/aromatic N) is 2. The minimum Gasteiger partial charge on any atom is -0.295 e. The Bertz CT molecular complexity index is 1630. The third kappa shape index (κ3) is 4.79. The molecule has 0 aliphatic rings. The summed E-state index contributed by atoms with van der Waals surface area (Å²) in [5.41, 5.74) is 3.50. The second kappa shape index (κ2) is 10.2. The van der Waals surface area contributed by atoms with E-state index in [9.17, 15) is 9.59 Å². The summed E-state index contributed by atoms with van der Waals surface area (Å²) in [5, 5.41) is 7.18. The van der Waals surface area contributed by atoms with E-state index in [0.717, 1.165) is 8.95 Å². The highest BCUT2D eigenvalue weighted by Gasteiger charge is 2.32. The van der Waals surface area contributed by atoms with Crippen molar-refractivity contribution >= 4 is 55.1 Å². The lowest BCUT2D eigenvalue weighted by Crippen LogP contribution is -2.25. The Morgan fingerprint density at radius 2 is 1.14 bits per heavy atom. The van der Waals surface area contributed by atoms with Gasteiger partial charge < -0.3 is 0 Å². The predicted octanol–water partition coefficient (Wildman–Crippen LogP) is 7.27. The van der Waals surface area contributed by atoms with Crippen LogP contribution in [0.2, 0.25) is 10.0 Å². The molecule has 0 bridgehead atoms. The van der Waals surface area contributed by atoms with Crippen molar-refractivity contribution in [1.29, 1.82) is 0 Å². The van der Waals surface area contributed by atoms with Crippen LogP contribution in [0.3, 0.4) is 0 Å². The molecule has 3 aromatic carbocycles. The van der Waals surface area contributed by atoms with Gasteiger partial charge in [-0.05, 0) is 80.1 Å². The van der Waals surface area contributed by atoms with Gasteiger partial charge in [0.1, 0.15) is 0 Å². The molecule has 2 heterocycles. The standard InChI is InChI=1S/C27H20Br2Cl2N4O2/c1-14-23(26(36)34(32-14)19-8-3-16(28)4-9-19)25(21-12-7-18(30)13-22(21)31)24-15(2)33-35(27(24)37)20-10-5-17(29)6-11-20/h3-13,25,32-33H,1-2H3. The van der Waals surface area contributed by atoms with E-state index in [4.69, 9.17) is 23.2 Å². The molecule has 0 radical (unpaired) electrons. The summed E-state index contributed by atoms with van der Waals surface area (Å²) in [6, 6.07) is 19.9. The summed E-state index contributed by atoms with van der Waals surface area (Å²) < 4.78 is 4.75. The van der Waals surface area contributed by atoms with Crippen molar-refractivity contribution in [3.63, 3.8) is 0 Å². The molecular weight excluding hydrogens is 643 g/mol. The molecule has 5 rings (SSSR count). The Balaban J connectivity index is 1.78. The quantitative estimate of drug-likeness (QED) is 0.208. The zero-order valence-electron chi connectivity index (χ0n) is 19.7.